The highest BCUT2D eigenvalue weighted by molar-refractivity contribution is 5.88. The summed E-state index contributed by atoms with van der Waals surface area (Å²) < 4.78 is 35.7. The standard InChI is InChI=1S/C11H18F3N3O2/c1-10(3-4-15-6-10)9(19)17(2)5-8(18)16-7-11(12,13)14/h15H,3-7H2,1-2H3,(H,16,18). The van der Waals surface area contributed by atoms with E-state index in [1.54, 1.807) is 12.2 Å². The normalized spacial score (nSPS) is 23.2. The molecule has 1 aliphatic heterocycles. The Morgan fingerprint density at radius 1 is 1.42 bits per heavy atom. The van der Waals surface area contributed by atoms with Gasteiger partial charge in [0.25, 0.3) is 0 Å². The van der Waals surface area contributed by atoms with Crippen LogP contribution in [0.4, 0.5) is 13.2 Å². The molecule has 19 heavy (non-hydrogen) atoms. The highest BCUT2D eigenvalue weighted by atomic mass is 19.4. The van der Waals surface area contributed by atoms with E-state index in [2.05, 4.69) is 5.32 Å². The minimum absolute atomic E-state index is 0.236. The van der Waals surface area contributed by atoms with Gasteiger partial charge in [-0.15, -0.1) is 0 Å². The van der Waals surface area contributed by atoms with Gasteiger partial charge in [-0.05, 0) is 19.9 Å². The number of carbonyl (C=O) groups excluding carboxylic acids is 2. The molecule has 1 saturated heterocycles. The van der Waals surface area contributed by atoms with Gasteiger partial charge >= 0.3 is 6.18 Å². The van der Waals surface area contributed by atoms with Gasteiger partial charge in [0, 0.05) is 13.6 Å². The summed E-state index contributed by atoms with van der Waals surface area (Å²) in [6.07, 6.45) is -3.79. The van der Waals surface area contributed by atoms with Gasteiger partial charge in [0.2, 0.25) is 11.8 Å². The molecule has 2 amide bonds. The average Bonchev–Trinajstić information content (AvgIpc) is 2.73. The smallest absolute Gasteiger partial charge is 0.345 e. The lowest BCUT2D eigenvalue weighted by atomic mass is 9.88. The number of hydrogen-bond donors (Lipinski definition) is 2. The Kier molecular flexibility index (Phi) is 4.78. The third-order valence-electron chi connectivity index (χ3n) is 3.10. The zero-order valence-corrected chi connectivity index (χ0v) is 10.9. The van der Waals surface area contributed by atoms with Crippen LogP contribution in [0.5, 0.6) is 0 Å². The molecule has 0 spiro atoms. The molecule has 0 aromatic heterocycles. The lowest BCUT2D eigenvalue weighted by Gasteiger charge is -2.27. The first kappa shape index (κ1) is 15.7. The summed E-state index contributed by atoms with van der Waals surface area (Å²) in [6.45, 7) is 1.26. The van der Waals surface area contributed by atoms with Crippen molar-refractivity contribution < 1.29 is 22.8 Å². The van der Waals surface area contributed by atoms with Crippen LogP contribution in [-0.2, 0) is 9.59 Å². The Hall–Kier alpha value is -1.31. The predicted octanol–water partition coefficient (Wildman–Crippen LogP) is 0.123. The van der Waals surface area contributed by atoms with Crippen molar-refractivity contribution >= 4 is 11.8 Å². The number of rotatable bonds is 4. The van der Waals surface area contributed by atoms with Gasteiger partial charge in [0.15, 0.2) is 0 Å². The number of halogens is 3. The topological polar surface area (TPSA) is 61.4 Å². The van der Waals surface area contributed by atoms with E-state index in [4.69, 9.17) is 0 Å². The third-order valence-corrected chi connectivity index (χ3v) is 3.10. The maximum atomic E-state index is 12.1. The molecule has 0 radical (unpaired) electrons. The molecular formula is C11H18F3N3O2. The summed E-state index contributed by atoms with van der Waals surface area (Å²) in [7, 11) is 1.42. The Balaban J connectivity index is 2.44. The van der Waals surface area contributed by atoms with Crippen LogP contribution in [0.3, 0.4) is 0 Å². The Bertz CT molecular complexity index is 352. The van der Waals surface area contributed by atoms with Crippen molar-refractivity contribution in [3.05, 3.63) is 0 Å². The van der Waals surface area contributed by atoms with Gasteiger partial charge in [-0.1, -0.05) is 0 Å². The number of nitrogens with one attached hydrogen (secondary N) is 2. The van der Waals surface area contributed by atoms with E-state index in [-0.39, 0.29) is 12.5 Å². The lowest BCUT2D eigenvalue weighted by molar-refractivity contribution is -0.145. The number of nitrogens with zero attached hydrogens (tertiary/aromatic N) is 1. The molecule has 0 aromatic carbocycles. The first-order valence-corrected chi connectivity index (χ1v) is 5.94. The maximum Gasteiger partial charge on any atom is 0.405 e. The Morgan fingerprint density at radius 3 is 2.53 bits per heavy atom. The van der Waals surface area contributed by atoms with E-state index in [0.717, 1.165) is 6.54 Å². The summed E-state index contributed by atoms with van der Waals surface area (Å²) in [5.74, 6) is -1.05. The molecule has 1 aliphatic rings. The molecule has 1 fully saturated rings. The number of hydrogen-bond acceptors (Lipinski definition) is 3. The summed E-state index contributed by atoms with van der Waals surface area (Å²) in [4.78, 5) is 24.6. The van der Waals surface area contributed by atoms with Crippen LogP contribution in [-0.4, -0.2) is 56.1 Å². The van der Waals surface area contributed by atoms with Crippen molar-refractivity contribution in [1.29, 1.82) is 0 Å². The molecule has 5 nitrogen and oxygen atoms in total. The quantitative estimate of drug-likeness (QED) is 0.769. The summed E-state index contributed by atoms with van der Waals surface area (Å²) in [5.41, 5.74) is -0.584. The Morgan fingerprint density at radius 2 is 2.05 bits per heavy atom. The van der Waals surface area contributed by atoms with Gasteiger partial charge in [0.1, 0.15) is 6.54 Å². The van der Waals surface area contributed by atoms with E-state index in [1.807, 2.05) is 0 Å². The van der Waals surface area contributed by atoms with Gasteiger partial charge in [0.05, 0.1) is 12.0 Å². The molecule has 0 bridgehead atoms. The molecular weight excluding hydrogens is 263 g/mol. The fourth-order valence-corrected chi connectivity index (χ4v) is 2.00. The van der Waals surface area contributed by atoms with E-state index in [9.17, 15) is 22.8 Å². The van der Waals surface area contributed by atoms with Gasteiger partial charge in [-0.25, -0.2) is 0 Å². The van der Waals surface area contributed by atoms with Crippen LogP contribution in [0, 0.1) is 5.41 Å². The zero-order chi connectivity index (χ0) is 14.7. The average molecular weight is 281 g/mol. The second kappa shape index (κ2) is 5.77. The zero-order valence-electron chi connectivity index (χ0n) is 10.9. The van der Waals surface area contributed by atoms with Crippen molar-refractivity contribution in [2.24, 2.45) is 5.41 Å². The fraction of sp³-hybridized carbons (Fsp3) is 0.818. The van der Waals surface area contributed by atoms with Crippen LogP contribution in [0.25, 0.3) is 0 Å². The minimum Gasteiger partial charge on any atom is -0.345 e. The largest absolute Gasteiger partial charge is 0.405 e. The molecule has 1 heterocycles. The van der Waals surface area contributed by atoms with Gasteiger partial charge in [-0.2, -0.15) is 13.2 Å². The maximum absolute atomic E-state index is 12.1. The first-order chi connectivity index (χ1) is 8.64. The van der Waals surface area contributed by atoms with Gasteiger partial charge < -0.3 is 15.5 Å². The van der Waals surface area contributed by atoms with Crippen LogP contribution in [0.2, 0.25) is 0 Å². The molecule has 110 valence electrons. The molecule has 0 aromatic rings. The molecule has 1 atom stereocenters. The van der Waals surface area contributed by atoms with E-state index in [1.165, 1.54) is 11.9 Å². The number of amides is 2. The SMILES string of the molecule is CN(CC(=O)NCC(F)(F)F)C(=O)C1(C)CCNC1. The van der Waals surface area contributed by atoms with Crippen LogP contribution < -0.4 is 10.6 Å². The monoisotopic (exact) mass is 281 g/mol. The molecule has 2 N–H and O–H groups in total. The van der Waals surface area contributed by atoms with E-state index < -0.39 is 24.0 Å². The predicted molar refractivity (Wildman–Crippen MR) is 62.3 cm³/mol. The summed E-state index contributed by atoms with van der Waals surface area (Å²) in [5, 5.41) is 4.79. The third kappa shape index (κ3) is 4.70. The van der Waals surface area contributed by atoms with Crippen molar-refractivity contribution in [2.45, 2.75) is 19.5 Å². The number of likely N-dealkylation sites (N-methyl/N-ethyl adjacent to an activating group) is 1. The number of carbonyl (C=O) groups is 2. The molecule has 0 aliphatic carbocycles. The minimum atomic E-state index is -4.44. The van der Waals surface area contributed by atoms with Gasteiger partial charge in [-0.3, -0.25) is 9.59 Å². The molecule has 1 rings (SSSR count). The fourth-order valence-electron chi connectivity index (χ4n) is 2.00. The highest BCUT2D eigenvalue weighted by Crippen LogP contribution is 2.26. The second-order valence-corrected chi connectivity index (χ2v) is 5.04. The molecule has 8 heteroatoms. The van der Waals surface area contributed by atoms with Crippen LogP contribution in [0.1, 0.15) is 13.3 Å². The lowest BCUT2D eigenvalue weighted by Crippen LogP contribution is -2.47. The first-order valence-electron chi connectivity index (χ1n) is 5.94. The highest BCUT2D eigenvalue weighted by Gasteiger charge is 2.38. The van der Waals surface area contributed by atoms with Crippen molar-refractivity contribution in [1.82, 2.24) is 15.5 Å². The van der Waals surface area contributed by atoms with Crippen LogP contribution >= 0.6 is 0 Å². The summed E-state index contributed by atoms with van der Waals surface area (Å²) >= 11 is 0. The molecule has 1 unspecified atom stereocenters. The second-order valence-electron chi connectivity index (χ2n) is 5.04. The van der Waals surface area contributed by atoms with E-state index in [0.29, 0.717) is 13.0 Å². The Labute approximate surface area is 109 Å². The molecule has 0 saturated carbocycles. The van der Waals surface area contributed by atoms with E-state index >= 15 is 0 Å². The summed E-state index contributed by atoms with van der Waals surface area (Å²) in [6, 6.07) is 0. The van der Waals surface area contributed by atoms with Crippen molar-refractivity contribution in [3.63, 3.8) is 0 Å². The van der Waals surface area contributed by atoms with Crippen LogP contribution in [0.15, 0.2) is 0 Å². The van der Waals surface area contributed by atoms with Crippen molar-refractivity contribution in [3.8, 4) is 0 Å². The number of alkyl halides is 3. The van der Waals surface area contributed by atoms with Crippen molar-refractivity contribution in [2.75, 3.05) is 33.2 Å².